The minimum absolute atomic E-state index is 0.252. The van der Waals surface area contributed by atoms with E-state index in [-0.39, 0.29) is 5.41 Å². The van der Waals surface area contributed by atoms with Crippen LogP contribution < -0.4 is 5.73 Å². The Morgan fingerprint density at radius 2 is 2.21 bits per heavy atom. The van der Waals surface area contributed by atoms with Crippen LogP contribution in [0.25, 0.3) is 0 Å². The van der Waals surface area contributed by atoms with E-state index in [1.165, 1.54) is 0 Å². The third kappa shape index (κ3) is 4.11. The second-order valence-electron chi connectivity index (χ2n) is 4.13. The lowest BCUT2D eigenvalue weighted by Gasteiger charge is -2.21. The first-order valence-electron chi connectivity index (χ1n) is 4.88. The molecule has 1 aromatic heterocycles. The SMILES string of the molecule is CC(C)(CN)CCSc1ccccn1. The molecule has 0 atom stereocenters. The molecule has 3 heteroatoms. The largest absolute Gasteiger partial charge is 0.330 e. The molecule has 78 valence electrons. The molecule has 0 aliphatic heterocycles. The van der Waals surface area contributed by atoms with Gasteiger partial charge < -0.3 is 5.73 Å². The third-order valence-corrected chi connectivity index (χ3v) is 3.16. The summed E-state index contributed by atoms with van der Waals surface area (Å²) in [6, 6.07) is 6.00. The van der Waals surface area contributed by atoms with Crippen LogP contribution in [0.15, 0.2) is 29.4 Å². The van der Waals surface area contributed by atoms with E-state index in [1.54, 1.807) is 11.8 Å². The average Bonchev–Trinajstić information content (AvgIpc) is 2.19. The summed E-state index contributed by atoms with van der Waals surface area (Å²) in [6.45, 7) is 5.15. The molecule has 0 unspecified atom stereocenters. The van der Waals surface area contributed by atoms with Gasteiger partial charge in [-0.25, -0.2) is 4.98 Å². The quantitative estimate of drug-likeness (QED) is 0.759. The molecule has 0 fully saturated rings. The molecule has 0 aliphatic rings. The third-order valence-electron chi connectivity index (χ3n) is 2.22. The van der Waals surface area contributed by atoms with Gasteiger partial charge in [0.25, 0.3) is 0 Å². The second kappa shape index (κ2) is 5.37. The summed E-state index contributed by atoms with van der Waals surface area (Å²) in [5.74, 6) is 1.08. The van der Waals surface area contributed by atoms with Gasteiger partial charge in [0.05, 0.1) is 5.03 Å². The summed E-state index contributed by atoms with van der Waals surface area (Å²) in [7, 11) is 0. The molecule has 0 aliphatic carbocycles. The predicted molar refractivity (Wildman–Crippen MR) is 62.4 cm³/mol. The van der Waals surface area contributed by atoms with Gasteiger partial charge in [0, 0.05) is 11.9 Å². The zero-order valence-electron chi connectivity index (χ0n) is 8.86. The van der Waals surface area contributed by atoms with Crippen molar-refractivity contribution >= 4 is 11.8 Å². The Kier molecular flexibility index (Phi) is 4.42. The number of rotatable bonds is 5. The van der Waals surface area contributed by atoms with Crippen LogP contribution in [-0.4, -0.2) is 17.3 Å². The van der Waals surface area contributed by atoms with Gasteiger partial charge >= 0.3 is 0 Å². The topological polar surface area (TPSA) is 38.9 Å². The van der Waals surface area contributed by atoms with Crippen LogP contribution in [0.5, 0.6) is 0 Å². The minimum Gasteiger partial charge on any atom is -0.330 e. The molecular weight excluding hydrogens is 192 g/mol. The molecule has 1 rings (SSSR count). The normalized spacial score (nSPS) is 11.6. The van der Waals surface area contributed by atoms with E-state index in [0.717, 1.165) is 23.7 Å². The van der Waals surface area contributed by atoms with E-state index >= 15 is 0 Å². The fourth-order valence-corrected chi connectivity index (χ4v) is 2.14. The highest BCUT2D eigenvalue weighted by atomic mass is 32.2. The number of nitrogens with zero attached hydrogens (tertiary/aromatic N) is 1. The maximum absolute atomic E-state index is 5.66. The maximum Gasteiger partial charge on any atom is 0.0959 e. The van der Waals surface area contributed by atoms with Gasteiger partial charge in [-0.3, -0.25) is 0 Å². The van der Waals surface area contributed by atoms with Gasteiger partial charge in [0.15, 0.2) is 0 Å². The zero-order valence-corrected chi connectivity index (χ0v) is 9.68. The van der Waals surface area contributed by atoms with E-state index in [1.807, 2.05) is 24.4 Å². The molecule has 0 spiro atoms. The number of thioether (sulfide) groups is 1. The first kappa shape index (κ1) is 11.5. The Balaban J connectivity index is 2.29. The molecule has 0 aromatic carbocycles. The van der Waals surface area contributed by atoms with Crippen LogP contribution in [0.2, 0.25) is 0 Å². The second-order valence-corrected chi connectivity index (χ2v) is 5.25. The summed E-state index contributed by atoms with van der Waals surface area (Å²) in [4.78, 5) is 4.26. The molecule has 0 bridgehead atoms. The molecule has 1 aromatic rings. The monoisotopic (exact) mass is 210 g/mol. The van der Waals surface area contributed by atoms with E-state index in [0.29, 0.717) is 0 Å². The van der Waals surface area contributed by atoms with Crippen molar-refractivity contribution in [2.24, 2.45) is 11.1 Å². The lowest BCUT2D eigenvalue weighted by Crippen LogP contribution is -2.24. The molecule has 0 saturated carbocycles. The van der Waals surface area contributed by atoms with E-state index in [9.17, 15) is 0 Å². The smallest absolute Gasteiger partial charge is 0.0959 e. The number of pyridine rings is 1. The van der Waals surface area contributed by atoms with Crippen molar-refractivity contribution in [2.75, 3.05) is 12.3 Å². The fraction of sp³-hybridized carbons (Fsp3) is 0.545. The maximum atomic E-state index is 5.66. The highest BCUT2D eigenvalue weighted by Crippen LogP contribution is 2.24. The van der Waals surface area contributed by atoms with Gasteiger partial charge in [0.2, 0.25) is 0 Å². The van der Waals surface area contributed by atoms with E-state index < -0.39 is 0 Å². The summed E-state index contributed by atoms with van der Waals surface area (Å²) >= 11 is 1.80. The van der Waals surface area contributed by atoms with Crippen molar-refractivity contribution in [1.29, 1.82) is 0 Å². The van der Waals surface area contributed by atoms with Crippen LogP contribution in [0.4, 0.5) is 0 Å². The van der Waals surface area contributed by atoms with Crippen molar-refractivity contribution in [2.45, 2.75) is 25.3 Å². The first-order valence-corrected chi connectivity index (χ1v) is 5.86. The molecule has 0 amide bonds. The number of hydrogen-bond acceptors (Lipinski definition) is 3. The van der Waals surface area contributed by atoms with Gasteiger partial charge in [0.1, 0.15) is 0 Å². The standard InChI is InChI=1S/C11H18N2S/c1-11(2,9-12)6-8-14-10-5-3-4-7-13-10/h3-5,7H,6,8-9,12H2,1-2H3. The summed E-state index contributed by atoms with van der Waals surface area (Å²) in [5.41, 5.74) is 5.91. The van der Waals surface area contributed by atoms with Gasteiger partial charge in [-0.15, -0.1) is 11.8 Å². The summed E-state index contributed by atoms with van der Waals surface area (Å²) in [6.07, 6.45) is 2.96. The van der Waals surface area contributed by atoms with Crippen LogP contribution in [0.1, 0.15) is 20.3 Å². The first-order chi connectivity index (χ1) is 6.64. The molecule has 2 nitrogen and oxygen atoms in total. The molecular formula is C11H18N2S. The van der Waals surface area contributed by atoms with Crippen LogP contribution >= 0.6 is 11.8 Å². The van der Waals surface area contributed by atoms with E-state index in [2.05, 4.69) is 18.8 Å². The number of nitrogens with two attached hydrogens (primary N) is 1. The number of hydrogen-bond donors (Lipinski definition) is 1. The lowest BCUT2D eigenvalue weighted by molar-refractivity contribution is 0.368. The molecule has 14 heavy (non-hydrogen) atoms. The molecule has 2 N–H and O–H groups in total. The lowest BCUT2D eigenvalue weighted by atomic mass is 9.91. The fourth-order valence-electron chi connectivity index (χ4n) is 0.966. The highest BCUT2D eigenvalue weighted by Gasteiger charge is 2.14. The Labute approximate surface area is 90.3 Å². The Morgan fingerprint density at radius 3 is 2.79 bits per heavy atom. The minimum atomic E-state index is 0.252. The van der Waals surface area contributed by atoms with E-state index in [4.69, 9.17) is 5.73 Å². The summed E-state index contributed by atoms with van der Waals surface area (Å²) < 4.78 is 0. The van der Waals surface area contributed by atoms with Gasteiger partial charge in [-0.1, -0.05) is 19.9 Å². The van der Waals surface area contributed by atoms with Crippen molar-refractivity contribution in [3.8, 4) is 0 Å². The predicted octanol–water partition coefficient (Wildman–Crippen LogP) is 2.55. The van der Waals surface area contributed by atoms with Crippen LogP contribution in [0.3, 0.4) is 0 Å². The number of aromatic nitrogens is 1. The van der Waals surface area contributed by atoms with Crippen molar-refractivity contribution in [3.63, 3.8) is 0 Å². The van der Waals surface area contributed by atoms with Crippen LogP contribution in [0, 0.1) is 5.41 Å². The Bertz CT molecular complexity index is 259. The summed E-state index contributed by atoms with van der Waals surface area (Å²) in [5, 5.41) is 1.10. The Morgan fingerprint density at radius 1 is 1.43 bits per heavy atom. The van der Waals surface area contributed by atoms with Crippen molar-refractivity contribution in [3.05, 3.63) is 24.4 Å². The van der Waals surface area contributed by atoms with Gasteiger partial charge in [-0.05, 0) is 30.5 Å². The molecule has 0 saturated heterocycles. The van der Waals surface area contributed by atoms with Crippen molar-refractivity contribution < 1.29 is 0 Å². The highest BCUT2D eigenvalue weighted by molar-refractivity contribution is 7.99. The molecule has 0 radical (unpaired) electrons. The molecule has 1 heterocycles. The zero-order chi connectivity index (χ0) is 10.4. The van der Waals surface area contributed by atoms with Gasteiger partial charge in [-0.2, -0.15) is 0 Å². The van der Waals surface area contributed by atoms with Crippen molar-refractivity contribution in [1.82, 2.24) is 4.98 Å². The average molecular weight is 210 g/mol. The Hall–Kier alpha value is -0.540. The van der Waals surface area contributed by atoms with Crippen LogP contribution in [-0.2, 0) is 0 Å².